The van der Waals surface area contributed by atoms with Gasteiger partial charge in [-0.1, -0.05) is 69.6 Å². The van der Waals surface area contributed by atoms with E-state index in [-0.39, 0.29) is 42.0 Å². The van der Waals surface area contributed by atoms with E-state index in [1.165, 1.54) is 0 Å². The third-order valence-electron chi connectivity index (χ3n) is 9.05. The predicted molar refractivity (Wildman–Crippen MR) is 179 cm³/mol. The van der Waals surface area contributed by atoms with Gasteiger partial charge in [-0.05, 0) is 54.7 Å². The summed E-state index contributed by atoms with van der Waals surface area (Å²) in [6, 6.07) is 11.4. The van der Waals surface area contributed by atoms with Crippen molar-refractivity contribution in [1.29, 1.82) is 0 Å². The van der Waals surface area contributed by atoms with Crippen molar-refractivity contribution < 1.29 is 29.0 Å². The first-order chi connectivity index (χ1) is 21.7. The number of carboxylic acid groups (broad SMARTS) is 1. The van der Waals surface area contributed by atoms with E-state index in [0.717, 1.165) is 28.1 Å². The number of ketones is 2. The van der Waals surface area contributed by atoms with Gasteiger partial charge in [-0.3, -0.25) is 14.4 Å². The Hall–Kier alpha value is -3.84. The van der Waals surface area contributed by atoms with E-state index in [2.05, 4.69) is 34.3 Å². The van der Waals surface area contributed by atoms with Crippen LogP contribution < -0.4 is 9.47 Å². The Bertz CT molecular complexity index is 1590. The molecule has 5 rings (SSSR count). The Balaban J connectivity index is 1.72. The lowest BCUT2D eigenvalue weighted by Gasteiger charge is -2.49. The average Bonchev–Trinajstić information content (AvgIpc) is 2.95. The molecule has 1 aliphatic heterocycles. The summed E-state index contributed by atoms with van der Waals surface area (Å²) in [6.07, 6.45) is 4.06. The predicted octanol–water partition coefficient (Wildman–Crippen LogP) is 8.21. The van der Waals surface area contributed by atoms with Gasteiger partial charge in [-0.25, -0.2) is 0 Å². The highest BCUT2D eigenvalue weighted by molar-refractivity contribution is 6.31. The molecule has 2 aromatic rings. The number of allylic oxidation sites excluding steroid dienone is 5. The number of ether oxygens (including phenoxy) is 2. The second-order valence-electron chi connectivity index (χ2n) is 14.1. The number of carbonyl (C=O) groups excluding carboxylic acids is 2. The van der Waals surface area contributed by atoms with Gasteiger partial charge in [0.05, 0.1) is 13.0 Å². The number of benzene rings is 2. The monoisotopic (exact) mass is 645 g/mol. The highest BCUT2D eigenvalue weighted by Crippen LogP contribution is 2.55. The molecule has 0 saturated carbocycles. The number of aliphatic carboxylic acids is 1. The normalized spacial score (nSPS) is 19.1. The standard InChI is InChI=1S/C38H44ClNO6/c1-7-11-23-16-25(17-31(45-8-2)36(23)46-22-24-12-9-10-13-26(24)39)33-34-27(18-37(3,4)20-29(34)41)40(15-14-32(43)44)28-19-38(5,6)21-30(42)35(28)33/h7,9-10,12-13,16-17,33H,1,8,11,14-15,18-22H2,2-6H3,(H,43,44). The first-order valence-corrected chi connectivity index (χ1v) is 16.4. The average molecular weight is 646 g/mol. The van der Waals surface area contributed by atoms with E-state index in [1.807, 2.05) is 48.2 Å². The van der Waals surface area contributed by atoms with Gasteiger partial charge in [-0.15, -0.1) is 6.58 Å². The van der Waals surface area contributed by atoms with Crippen molar-refractivity contribution >= 4 is 29.1 Å². The molecule has 2 aromatic carbocycles. The Kier molecular flexibility index (Phi) is 9.55. The van der Waals surface area contributed by atoms with Crippen LogP contribution in [0.5, 0.6) is 11.5 Å². The molecule has 2 aliphatic carbocycles. The van der Waals surface area contributed by atoms with Gasteiger partial charge in [0.2, 0.25) is 0 Å². The Morgan fingerprint density at radius 2 is 1.59 bits per heavy atom. The number of Topliss-reactive ketones (excluding diaryl/α,β-unsaturated/α-hetero) is 2. The van der Waals surface area contributed by atoms with Crippen molar-refractivity contribution in [1.82, 2.24) is 4.90 Å². The minimum atomic E-state index is -0.919. The quantitative estimate of drug-likeness (QED) is 0.246. The topological polar surface area (TPSA) is 93.1 Å². The van der Waals surface area contributed by atoms with E-state index in [9.17, 15) is 19.5 Å². The van der Waals surface area contributed by atoms with Crippen LogP contribution in [0.1, 0.15) is 89.3 Å². The lowest BCUT2D eigenvalue weighted by atomic mass is 9.63. The first kappa shape index (κ1) is 33.5. The summed E-state index contributed by atoms with van der Waals surface area (Å²) in [5.74, 6) is -0.449. The lowest BCUT2D eigenvalue weighted by molar-refractivity contribution is -0.137. The van der Waals surface area contributed by atoms with E-state index in [4.69, 9.17) is 21.1 Å². The molecule has 0 amide bonds. The highest BCUT2D eigenvalue weighted by Gasteiger charge is 2.49. The van der Waals surface area contributed by atoms with Crippen molar-refractivity contribution in [2.24, 2.45) is 10.8 Å². The third kappa shape index (κ3) is 6.80. The van der Waals surface area contributed by atoms with Crippen LogP contribution in [0.25, 0.3) is 0 Å². The largest absolute Gasteiger partial charge is 0.490 e. The van der Waals surface area contributed by atoms with Gasteiger partial charge in [-0.2, -0.15) is 0 Å². The molecule has 0 unspecified atom stereocenters. The van der Waals surface area contributed by atoms with Gasteiger partial charge in [0, 0.05) is 64.0 Å². The molecule has 0 saturated heterocycles. The minimum absolute atomic E-state index is 0.0111. The molecule has 0 spiro atoms. The summed E-state index contributed by atoms with van der Waals surface area (Å²) in [5, 5.41) is 10.3. The van der Waals surface area contributed by atoms with Crippen LogP contribution in [0.15, 0.2) is 71.6 Å². The van der Waals surface area contributed by atoms with Gasteiger partial charge in [0.15, 0.2) is 23.1 Å². The number of carboxylic acids is 1. The molecule has 3 aliphatic rings. The molecular weight excluding hydrogens is 602 g/mol. The van der Waals surface area contributed by atoms with Gasteiger partial charge in [0.25, 0.3) is 0 Å². The molecule has 1 N–H and O–H groups in total. The van der Waals surface area contributed by atoms with Crippen LogP contribution >= 0.6 is 11.6 Å². The molecule has 1 heterocycles. The van der Waals surface area contributed by atoms with Crippen LogP contribution in [0.3, 0.4) is 0 Å². The second kappa shape index (κ2) is 13.1. The maximum Gasteiger partial charge on any atom is 0.305 e. The van der Waals surface area contributed by atoms with Crippen molar-refractivity contribution in [3.05, 3.63) is 93.3 Å². The SMILES string of the molecule is C=CCc1cc(C2C3=C(CC(C)(C)CC3=O)N(CCC(=O)O)C3=C2C(=O)CC(C)(C)C3)cc(OCC)c1OCc1ccccc1Cl. The zero-order chi connectivity index (χ0) is 33.4. The van der Waals surface area contributed by atoms with Crippen LogP contribution in [-0.2, 0) is 27.4 Å². The Morgan fingerprint density at radius 1 is 0.978 bits per heavy atom. The van der Waals surface area contributed by atoms with Gasteiger partial charge >= 0.3 is 5.97 Å². The number of rotatable bonds is 11. The molecule has 7 nitrogen and oxygen atoms in total. The molecule has 8 heteroatoms. The highest BCUT2D eigenvalue weighted by atomic mass is 35.5. The number of nitrogens with zero attached hydrogens (tertiary/aromatic N) is 1. The van der Waals surface area contributed by atoms with Gasteiger partial charge in [0.1, 0.15) is 6.61 Å². The fourth-order valence-corrected chi connectivity index (χ4v) is 7.40. The molecule has 0 radical (unpaired) electrons. The van der Waals surface area contributed by atoms with Crippen LogP contribution in [0, 0.1) is 10.8 Å². The maximum atomic E-state index is 14.2. The number of hydrogen-bond acceptors (Lipinski definition) is 6. The second-order valence-corrected chi connectivity index (χ2v) is 14.6. The van der Waals surface area contributed by atoms with E-state index in [0.29, 0.717) is 66.4 Å². The summed E-state index contributed by atoms with van der Waals surface area (Å²) < 4.78 is 12.6. The first-order valence-electron chi connectivity index (χ1n) is 16.0. The summed E-state index contributed by atoms with van der Waals surface area (Å²) in [7, 11) is 0. The molecular formula is C38H44ClNO6. The molecule has 46 heavy (non-hydrogen) atoms. The molecule has 0 fully saturated rings. The summed E-state index contributed by atoms with van der Waals surface area (Å²) in [5.41, 5.74) is 4.67. The molecule has 0 bridgehead atoms. The number of halogens is 1. The van der Waals surface area contributed by atoms with Crippen LogP contribution in [0.2, 0.25) is 5.02 Å². The van der Waals surface area contributed by atoms with Crippen molar-refractivity contribution in [3.63, 3.8) is 0 Å². The maximum absolute atomic E-state index is 14.2. The third-order valence-corrected chi connectivity index (χ3v) is 9.42. The zero-order valence-corrected chi connectivity index (χ0v) is 28.3. The lowest BCUT2D eigenvalue weighted by Crippen LogP contribution is -2.45. The van der Waals surface area contributed by atoms with Crippen LogP contribution in [0.4, 0.5) is 0 Å². The Labute approximate surface area is 276 Å². The van der Waals surface area contributed by atoms with E-state index >= 15 is 0 Å². The molecule has 0 aromatic heterocycles. The van der Waals surface area contributed by atoms with E-state index < -0.39 is 11.9 Å². The fourth-order valence-electron chi connectivity index (χ4n) is 7.21. The summed E-state index contributed by atoms with van der Waals surface area (Å²) >= 11 is 6.43. The fraction of sp³-hybridized carbons (Fsp3) is 0.447. The minimum Gasteiger partial charge on any atom is -0.490 e. The van der Waals surface area contributed by atoms with Crippen LogP contribution in [-0.4, -0.2) is 40.7 Å². The summed E-state index contributed by atoms with van der Waals surface area (Å²) in [6.45, 7) is 15.0. The number of hydrogen-bond donors (Lipinski definition) is 1. The smallest absolute Gasteiger partial charge is 0.305 e. The van der Waals surface area contributed by atoms with Crippen molar-refractivity contribution in [2.75, 3.05) is 13.2 Å². The van der Waals surface area contributed by atoms with Crippen molar-refractivity contribution in [3.8, 4) is 11.5 Å². The molecule has 0 atom stereocenters. The van der Waals surface area contributed by atoms with Gasteiger partial charge < -0.3 is 19.5 Å². The van der Waals surface area contributed by atoms with E-state index in [1.54, 1.807) is 6.08 Å². The summed E-state index contributed by atoms with van der Waals surface area (Å²) in [4.78, 5) is 42.2. The zero-order valence-electron chi connectivity index (χ0n) is 27.5. The van der Waals surface area contributed by atoms with Crippen molar-refractivity contribution in [2.45, 2.75) is 85.7 Å². The number of carbonyl (C=O) groups is 3. The molecule has 244 valence electrons. The Morgan fingerprint density at radius 3 is 2.13 bits per heavy atom.